The smallest absolute Gasteiger partial charge is 0.337 e. The van der Waals surface area contributed by atoms with Crippen LogP contribution in [-0.4, -0.2) is 20.6 Å². The maximum absolute atomic E-state index is 13.7. The van der Waals surface area contributed by atoms with Gasteiger partial charge in [0.25, 0.3) is 0 Å². The van der Waals surface area contributed by atoms with Crippen LogP contribution in [0.2, 0.25) is 0 Å². The third-order valence-electron chi connectivity index (χ3n) is 3.36. The molecule has 5 heteroatoms. The molecule has 0 radical (unpaired) electrons. The zero-order valence-corrected chi connectivity index (χ0v) is 11.6. The van der Waals surface area contributed by atoms with Crippen LogP contribution in [0.4, 0.5) is 4.39 Å². The lowest BCUT2D eigenvalue weighted by Gasteiger charge is -2.10. The number of aromatic nitrogens is 2. The topological polar surface area (TPSA) is 55.1 Å². The third kappa shape index (κ3) is 2.16. The quantitative estimate of drug-likeness (QED) is 0.783. The van der Waals surface area contributed by atoms with Crippen LogP contribution < -0.4 is 0 Å². The molecule has 0 bridgehead atoms. The Labute approximate surface area is 120 Å². The van der Waals surface area contributed by atoms with Gasteiger partial charge in [-0.25, -0.2) is 14.2 Å². The Hall–Kier alpha value is -2.69. The fourth-order valence-corrected chi connectivity index (χ4v) is 2.58. The van der Waals surface area contributed by atoms with Crippen LogP contribution in [0, 0.1) is 19.7 Å². The van der Waals surface area contributed by atoms with E-state index in [-0.39, 0.29) is 11.4 Å². The molecule has 0 saturated heterocycles. The molecule has 0 saturated carbocycles. The van der Waals surface area contributed by atoms with Gasteiger partial charge in [-0.2, -0.15) is 0 Å². The summed E-state index contributed by atoms with van der Waals surface area (Å²) in [6, 6.07) is 9.52. The number of imidazole rings is 1. The average molecular weight is 284 g/mol. The van der Waals surface area contributed by atoms with Crippen LogP contribution in [0.3, 0.4) is 0 Å². The van der Waals surface area contributed by atoms with E-state index in [2.05, 4.69) is 4.98 Å². The van der Waals surface area contributed by atoms with Crippen molar-refractivity contribution in [1.29, 1.82) is 0 Å². The summed E-state index contributed by atoms with van der Waals surface area (Å²) in [5.41, 5.74) is 2.54. The minimum atomic E-state index is -1.03. The van der Waals surface area contributed by atoms with Crippen molar-refractivity contribution < 1.29 is 14.3 Å². The van der Waals surface area contributed by atoms with E-state index in [0.717, 1.165) is 5.56 Å². The molecule has 21 heavy (non-hydrogen) atoms. The van der Waals surface area contributed by atoms with Crippen molar-refractivity contribution in [3.05, 3.63) is 59.2 Å². The van der Waals surface area contributed by atoms with Crippen molar-refractivity contribution in [1.82, 2.24) is 9.55 Å². The fraction of sp³-hybridized carbons (Fsp3) is 0.125. The Balaban J connectivity index is 2.41. The van der Waals surface area contributed by atoms with Crippen LogP contribution in [0.15, 0.2) is 36.4 Å². The highest BCUT2D eigenvalue weighted by Crippen LogP contribution is 2.25. The molecule has 0 fully saturated rings. The van der Waals surface area contributed by atoms with Gasteiger partial charge in [0.2, 0.25) is 0 Å². The summed E-state index contributed by atoms with van der Waals surface area (Å²) < 4.78 is 15.3. The second-order valence-electron chi connectivity index (χ2n) is 4.96. The van der Waals surface area contributed by atoms with E-state index in [9.17, 15) is 14.3 Å². The van der Waals surface area contributed by atoms with Crippen LogP contribution >= 0.6 is 0 Å². The second-order valence-corrected chi connectivity index (χ2v) is 4.96. The van der Waals surface area contributed by atoms with Gasteiger partial charge in [0.1, 0.15) is 11.6 Å². The molecular formula is C16H13FN2O2. The minimum absolute atomic E-state index is 0.148. The van der Waals surface area contributed by atoms with Gasteiger partial charge in [-0.3, -0.25) is 4.57 Å². The van der Waals surface area contributed by atoms with Crippen molar-refractivity contribution in [2.24, 2.45) is 0 Å². The molecule has 0 aliphatic heterocycles. The fourth-order valence-electron chi connectivity index (χ4n) is 2.58. The Morgan fingerprint density at radius 2 is 2.00 bits per heavy atom. The number of carboxylic acid groups (broad SMARTS) is 1. The maximum Gasteiger partial charge on any atom is 0.337 e. The van der Waals surface area contributed by atoms with Gasteiger partial charge in [-0.05, 0) is 49.7 Å². The molecule has 0 amide bonds. The molecule has 1 heterocycles. The van der Waals surface area contributed by atoms with Gasteiger partial charge in [-0.15, -0.1) is 0 Å². The van der Waals surface area contributed by atoms with Crippen molar-refractivity contribution >= 4 is 17.0 Å². The highest BCUT2D eigenvalue weighted by atomic mass is 19.1. The first-order valence-corrected chi connectivity index (χ1v) is 6.46. The van der Waals surface area contributed by atoms with E-state index in [4.69, 9.17) is 0 Å². The lowest BCUT2D eigenvalue weighted by molar-refractivity contribution is 0.0698. The summed E-state index contributed by atoms with van der Waals surface area (Å²) in [4.78, 5) is 15.8. The Morgan fingerprint density at radius 1 is 1.24 bits per heavy atom. The molecule has 2 aromatic carbocycles. The number of halogens is 1. The first-order chi connectivity index (χ1) is 9.97. The first-order valence-electron chi connectivity index (χ1n) is 6.46. The van der Waals surface area contributed by atoms with Gasteiger partial charge in [-0.1, -0.05) is 6.07 Å². The Bertz CT molecular complexity index is 848. The summed E-state index contributed by atoms with van der Waals surface area (Å²) in [7, 11) is 0. The molecule has 0 atom stereocenters. The minimum Gasteiger partial charge on any atom is -0.478 e. The predicted molar refractivity (Wildman–Crippen MR) is 77.5 cm³/mol. The van der Waals surface area contributed by atoms with Crippen LogP contribution in [-0.2, 0) is 0 Å². The number of carboxylic acids is 1. The maximum atomic E-state index is 13.7. The number of fused-ring (bicyclic) bond motifs is 1. The molecule has 1 aromatic heterocycles. The van der Waals surface area contributed by atoms with E-state index < -0.39 is 5.97 Å². The highest BCUT2D eigenvalue weighted by Gasteiger charge is 2.17. The van der Waals surface area contributed by atoms with E-state index in [0.29, 0.717) is 22.5 Å². The third-order valence-corrected chi connectivity index (χ3v) is 3.36. The summed E-state index contributed by atoms with van der Waals surface area (Å²) >= 11 is 0. The van der Waals surface area contributed by atoms with Crippen molar-refractivity contribution in [3.63, 3.8) is 0 Å². The van der Waals surface area contributed by atoms with Gasteiger partial charge >= 0.3 is 5.97 Å². The van der Waals surface area contributed by atoms with Crippen molar-refractivity contribution in [2.75, 3.05) is 0 Å². The average Bonchev–Trinajstić information content (AvgIpc) is 2.72. The number of aryl methyl sites for hydroxylation is 2. The largest absolute Gasteiger partial charge is 0.478 e. The SMILES string of the molecule is Cc1cc(F)cc(-n2c(C)nc3cccc(C(=O)O)c32)c1. The van der Waals surface area contributed by atoms with Crippen LogP contribution in [0.25, 0.3) is 16.7 Å². The Morgan fingerprint density at radius 3 is 2.67 bits per heavy atom. The number of aromatic carboxylic acids is 1. The summed E-state index contributed by atoms with van der Waals surface area (Å²) in [6.45, 7) is 3.56. The second kappa shape index (κ2) is 4.70. The summed E-state index contributed by atoms with van der Waals surface area (Å²) in [5.74, 6) is -0.780. The lowest BCUT2D eigenvalue weighted by Crippen LogP contribution is -2.04. The molecule has 0 spiro atoms. The molecule has 1 N–H and O–H groups in total. The van der Waals surface area contributed by atoms with Gasteiger partial charge < -0.3 is 5.11 Å². The number of rotatable bonds is 2. The molecular weight excluding hydrogens is 271 g/mol. The van der Waals surface area contributed by atoms with Crippen molar-refractivity contribution in [3.8, 4) is 5.69 Å². The molecule has 0 aliphatic carbocycles. The van der Waals surface area contributed by atoms with E-state index in [1.807, 2.05) is 0 Å². The number of benzene rings is 2. The van der Waals surface area contributed by atoms with Gasteiger partial charge in [0.05, 0.1) is 22.3 Å². The standard InChI is InChI=1S/C16H13FN2O2/c1-9-6-11(17)8-12(7-9)19-10(2)18-14-5-3-4-13(15(14)19)16(20)21/h3-8H,1-2H3,(H,20,21). The van der Waals surface area contributed by atoms with Crippen LogP contribution in [0.1, 0.15) is 21.7 Å². The number of para-hydroxylation sites is 1. The van der Waals surface area contributed by atoms with E-state index in [1.165, 1.54) is 18.2 Å². The van der Waals surface area contributed by atoms with Gasteiger partial charge in [0.15, 0.2) is 0 Å². The number of carbonyl (C=O) groups is 1. The lowest BCUT2D eigenvalue weighted by atomic mass is 10.1. The van der Waals surface area contributed by atoms with E-state index in [1.54, 1.807) is 36.6 Å². The normalized spacial score (nSPS) is 11.0. The molecule has 0 aliphatic rings. The molecule has 4 nitrogen and oxygen atoms in total. The number of hydrogen-bond acceptors (Lipinski definition) is 2. The zero-order chi connectivity index (χ0) is 15.1. The summed E-state index contributed by atoms with van der Waals surface area (Å²) in [6.07, 6.45) is 0. The molecule has 3 aromatic rings. The van der Waals surface area contributed by atoms with E-state index >= 15 is 0 Å². The van der Waals surface area contributed by atoms with Crippen LogP contribution in [0.5, 0.6) is 0 Å². The number of hydrogen-bond donors (Lipinski definition) is 1. The highest BCUT2D eigenvalue weighted by molar-refractivity contribution is 6.01. The Kier molecular flexibility index (Phi) is 2.97. The monoisotopic (exact) mass is 284 g/mol. The molecule has 106 valence electrons. The molecule has 3 rings (SSSR count). The molecule has 0 unspecified atom stereocenters. The van der Waals surface area contributed by atoms with Gasteiger partial charge in [0, 0.05) is 0 Å². The number of nitrogens with zero attached hydrogens (tertiary/aromatic N) is 2. The first kappa shape index (κ1) is 13.3. The summed E-state index contributed by atoms with van der Waals surface area (Å²) in [5, 5.41) is 9.36. The predicted octanol–water partition coefficient (Wildman–Crippen LogP) is 3.48. The zero-order valence-electron chi connectivity index (χ0n) is 11.6. The van der Waals surface area contributed by atoms with Crippen molar-refractivity contribution in [2.45, 2.75) is 13.8 Å².